The van der Waals surface area contributed by atoms with E-state index in [0.717, 1.165) is 0 Å². The summed E-state index contributed by atoms with van der Waals surface area (Å²) < 4.78 is 23.0. The molecule has 2 fully saturated rings. The number of rotatable bonds is 6. The first-order chi connectivity index (χ1) is 13.8. The summed E-state index contributed by atoms with van der Waals surface area (Å²) in [6.07, 6.45) is 1.96. The zero-order chi connectivity index (χ0) is 22.5. The quantitative estimate of drug-likeness (QED) is 0.356. The molecule has 0 unspecified atom stereocenters. The molecule has 0 aromatic heterocycles. The number of fused-ring (bicyclic) bond motifs is 1. The summed E-state index contributed by atoms with van der Waals surface area (Å²) in [5.41, 5.74) is -2.31. The van der Waals surface area contributed by atoms with Gasteiger partial charge in [0.1, 0.15) is 11.9 Å². The third kappa shape index (κ3) is 3.51. The van der Waals surface area contributed by atoms with Crippen LogP contribution in [0.25, 0.3) is 0 Å². The minimum atomic E-state index is -2.25. The molecule has 30 heavy (non-hydrogen) atoms. The monoisotopic (exact) mass is 438 g/mol. The average molecular weight is 439 g/mol. The Kier molecular flexibility index (Phi) is 5.73. The van der Waals surface area contributed by atoms with Crippen LogP contribution in [0, 0.1) is 11.3 Å². The predicted octanol–water partition coefficient (Wildman–Crippen LogP) is 3.53. The average Bonchev–Trinajstić information content (AvgIpc) is 3.08. The lowest BCUT2D eigenvalue weighted by atomic mass is 9.83. The summed E-state index contributed by atoms with van der Waals surface area (Å²) >= 11 is 0. The zero-order valence-corrected chi connectivity index (χ0v) is 20.1. The second kappa shape index (κ2) is 7.48. The van der Waals surface area contributed by atoms with E-state index in [1.165, 1.54) is 0 Å². The number of hydrogen-bond donors (Lipinski definition) is 0. The molecule has 2 heterocycles. The van der Waals surface area contributed by atoms with Gasteiger partial charge in [-0.05, 0) is 56.8 Å². The molecule has 8 heteroatoms. The first kappa shape index (κ1) is 23.0. The molecule has 1 saturated heterocycles. The van der Waals surface area contributed by atoms with Gasteiger partial charge in [0.05, 0.1) is 18.8 Å². The van der Waals surface area contributed by atoms with E-state index < -0.39 is 37.4 Å². The van der Waals surface area contributed by atoms with Gasteiger partial charge >= 0.3 is 11.9 Å². The van der Waals surface area contributed by atoms with Gasteiger partial charge in [-0.2, -0.15) is 0 Å². The molecular formula is C22H34O7Si. The van der Waals surface area contributed by atoms with Crippen molar-refractivity contribution in [3.63, 3.8) is 0 Å². The Morgan fingerprint density at radius 3 is 2.23 bits per heavy atom. The van der Waals surface area contributed by atoms with Crippen molar-refractivity contribution in [3.05, 3.63) is 11.8 Å². The van der Waals surface area contributed by atoms with Crippen LogP contribution in [0.3, 0.4) is 0 Å². The van der Waals surface area contributed by atoms with Crippen molar-refractivity contribution in [1.29, 1.82) is 0 Å². The highest BCUT2D eigenvalue weighted by Gasteiger charge is 2.69. The lowest BCUT2D eigenvalue weighted by Crippen LogP contribution is -2.47. The highest BCUT2D eigenvalue weighted by Crippen LogP contribution is 2.60. The van der Waals surface area contributed by atoms with Crippen LogP contribution >= 0.6 is 0 Å². The molecule has 168 valence electrons. The molecule has 0 amide bonds. The molecule has 0 aromatic rings. The van der Waals surface area contributed by atoms with Crippen molar-refractivity contribution in [1.82, 2.24) is 0 Å². The molecule has 2 aliphatic heterocycles. The van der Waals surface area contributed by atoms with Crippen LogP contribution in [-0.4, -0.2) is 51.0 Å². The Hall–Kier alpha value is -1.67. The van der Waals surface area contributed by atoms with E-state index >= 15 is 0 Å². The Morgan fingerprint density at radius 2 is 1.73 bits per heavy atom. The maximum atomic E-state index is 13.0. The topological polar surface area (TPSA) is 88.1 Å². The highest BCUT2D eigenvalue weighted by molar-refractivity contribution is 6.74. The first-order valence-electron chi connectivity index (χ1n) is 10.8. The second-order valence-electron chi connectivity index (χ2n) is 10.1. The number of carbonyl (C=O) groups is 3. The van der Waals surface area contributed by atoms with Crippen molar-refractivity contribution in [3.8, 4) is 0 Å². The summed E-state index contributed by atoms with van der Waals surface area (Å²) in [4.78, 5) is 38.7. The second-order valence-corrected chi connectivity index (χ2v) is 14.9. The van der Waals surface area contributed by atoms with E-state index in [9.17, 15) is 14.4 Å². The van der Waals surface area contributed by atoms with E-state index in [1.807, 2.05) is 0 Å². The van der Waals surface area contributed by atoms with Crippen LogP contribution < -0.4 is 0 Å². The molecule has 1 aliphatic carbocycles. The van der Waals surface area contributed by atoms with E-state index in [-0.39, 0.29) is 42.8 Å². The van der Waals surface area contributed by atoms with Gasteiger partial charge in [0.25, 0.3) is 8.32 Å². The van der Waals surface area contributed by atoms with E-state index in [1.54, 1.807) is 19.9 Å². The summed E-state index contributed by atoms with van der Waals surface area (Å²) in [6.45, 7) is 14.3. The van der Waals surface area contributed by atoms with E-state index in [4.69, 9.17) is 18.6 Å². The van der Waals surface area contributed by atoms with E-state index in [2.05, 4.69) is 33.9 Å². The summed E-state index contributed by atoms with van der Waals surface area (Å²) in [5.74, 6) is -1.13. The van der Waals surface area contributed by atoms with Crippen LogP contribution in [0.5, 0.6) is 0 Å². The maximum Gasteiger partial charge on any atom is 0.323 e. The Balaban J connectivity index is 1.99. The molecule has 1 spiro atoms. The van der Waals surface area contributed by atoms with Gasteiger partial charge in [-0.25, -0.2) is 0 Å². The number of ether oxygens (including phenoxy) is 3. The van der Waals surface area contributed by atoms with Crippen LogP contribution in [0.15, 0.2) is 11.8 Å². The number of Topliss-reactive ketones (excluding diaryl/α,β-unsaturated/α-hetero) is 1. The van der Waals surface area contributed by atoms with Gasteiger partial charge in [0, 0.05) is 6.42 Å². The first-order valence-corrected chi connectivity index (χ1v) is 13.7. The third-order valence-corrected chi connectivity index (χ3v) is 11.5. The molecule has 3 aliphatic rings. The molecule has 0 N–H and O–H groups in total. The molecule has 0 radical (unpaired) electrons. The predicted molar refractivity (Wildman–Crippen MR) is 112 cm³/mol. The van der Waals surface area contributed by atoms with Crippen LogP contribution in [-0.2, 0) is 33.0 Å². The normalized spacial score (nSPS) is 29.8. The fraction of sp³-hybridized carbons (Fsp3) is 0.773. The molecule has 1 saturated carbocycles. The van der Waals surface area contributed by atoms with Gasteiger partial charge in [-0.3, -0.25) is 14.4 Å². The van der Waals surface area contributed by atoms with Gasteiger partial charge in [-0.1, -0.05) is 20.8 Å². The Bertz CT molecular complexity index is 761. The summed E-state index contributed by atoms with van der Waals surface area (Å²) in [7, 11) is -2.25. The number of esters is 2. The van der Waals surface area contributed by atoms with Crippen LogP contribution in [0.4, 0.5) is 0 Å². The molecule has 7 nitrogen and oxygen atoms in total. The maximum absolute atomic E-state index is 13.0. The van der Waals surface area contributed by atoms with Gasteiger partial charge in [0.2, 0.25) is 5.78 Å². The Morgan fingerprint density at radius 1 is 1.17 bits per heavy atom. The van der Waals surface area contributed by atoms with Gasteiger partial charge < -0.3 is 18.6 Å². The minimum Gasteiger partial charge on any atom is -0.541 e. The molecule has 0 aromatic carbocycles. The number of ketones is 1. The fourth-order valence-corrected chi connectivity index (χ4v) is 5.54. The smallest absolute Gasteiger partial charge is 0.323 e. The van der Waals surface area contributed by atoms with Crippen LogP contribution in [0.1, 0.15) is 53.9 Å². The number of carbonyl (C=O) groups excluding carboxylic acids is 3. The molecule has 3 atom stereocenters. The summed E-state index contributed by atoms with van der Waals surface area (Å²) in [5, 5.41) is -0.0716. The molecular weight excluding hydrogens is 404 g/mol. The van der Waals surface area contributed by atoms with Crippen LogP contribution in [0.2, 0.25) is 18.1 Å². The standard InChI is InChI=1S/C22H34O7Si/c1-8-26-18(24)21(19(25)27-9-2)11-14-10-15-17(23)16(12-22(14,13-21)28-15)29-30(6,7)20(3,4)5/h12,14-15H,8-11,13H2,1-7H3/t14-,15-,22+/m1/s1. The molecule has 2 bridgehead atoms. The van der Waals surface area contributed by atoms with Crippen molar-refractivity contribution < 1.29 is 33.0 Å². The largest absolute Gasteiger partial charge is 0.541 e. The highest BCUT2D eigenvalue weighted by atomic mass is 28.4. The van der Waals surface area contributed by atoms with Crippen molar-refractivity contribution in [2.45, 2.75) is 83.7 Å². The third-order valence-electron chi connectivity index (χ3n) is 7.14. The number of hydrogen-bond acceptors (Lipinski definition) is 7. The molecule has 3 rings (SSSR count). The Labute approximate surface area is 179 Å². The van der Waals surface area contributed by atoms with Crippen molar-refractivity contribution in [2.24, 2.45) is 11.3 Å². The zero-order valence-electron chi connectivity index (χ0n) is 19.1. The lowest BCUT2D eigenvalue weighted by molar-refractivity contribution is -0.174. The SMILES string of the molecule is CCOC(=O)C1(C(=O)OCC)C[C@H]2C[C@H]3O[C@@]2(C=C(O[Si](C)(C)C(C)(C)C)C3=O)C1. The van der Waals surface area contributed by atoms with Crippen molar-refractivity contribution in [2.75, 3.05) is 13.2 Å². The lowest BCUT2D eigenvalue weighted by Gasteiger charge is -2.39. The van der Waals surface area contributed by atoms with Crippen molar-refractivity contribution >= 4 is 26.0 Å². The summed E-state index contributed by atoms with van der Waals surface area (Å²) in [6, 6.07) is 0. The van der Waals surface area contributed by atoms with Gasteiger partial charge in [-0.15, -0.1) is 0 Å². The minimum absolute atomic E-state index is 0.0716. The van der Waals surface area contributed by atoms with E-state index in [0.29, 0.717) is 12.2 Å². The fourth-order valence-electron chi connectivity index (χ4n) is 4.53. The van der Waals surface area contributed by atoms with Gasteiger partial charge in [0.15, 0.2) is 5.41 Å².